The van der Waals surface area contributed by atoms with E-state index in [1.165, 1.54) is 0 Å². The van der Waals surface area contributed by atoms with Gasteiger partial charge < -0.3 is 14.6 Å². The Balaban J connectivity index is 2.01. The van der Waals surface area contributed by atoms with E-state index >= 15 is 0 Å². The van der Waals surface area contributed by atoms with Gasteiger partial charge >= 0.3 is 0 Å². The molecule has 0 radical (unpaired) electrons. The summed E-state index contributed by atoms with van der Waals surface area (Å²) < 4.78 is 25.8. The first kappa shape index (κ1) is 10.1. The largest absolute Gasteiger partial charge is 0.772 e. The fourth-order valence-electron chi connectivity index (χ4n) is 1.23. The molecular weight excluding hydrogens is 178 g/mol. The molecule has 0 aliphatic carbocycles. The van der Waals surface area contributed by atoms with Crippen LogP contribution in [0.2, 0.25) is 0 Å². The molecule has 1 aliphatic heterocycles. The number of morpholine rings is 1. The molecule has 1 rings (SSSR count). The third kappa shape index (κ3) is 4.15. The van der Waals surface area contributed by atoms with Gasteiger partial charge in [0.15, 0.2) is 0 Å². The first-order valence-electron chi connectivity index (χ1n) is 4.17. The van der Waals surface area contributed by atoms with Crippen LogP contribution in [0.25, 0.3) is 0 Å². The van der Waals surface area contributed by atoms with E-state index in [0.29, 0.717) is 6.42 Å². The second kappa shape index (κ2) is 5.64. The lowest BCUT2D eigenvalue weighted by Gasteiger charge is -2.23. The summed E-state index contributed by atoms with van der Waals surface area (Å²) in [5, 5.41) is 3.19. The molecule has 12 heavy (non-hydrogen) atoms. The van der Waals surface area contributed by atoms with Gasteiger partial charge in [-0.15, -0.1) is 0 Å². The fourth-order valence-corrected chi connectivity index (χ4v) is 1.64. The monoisotopic (exact) mass is 192 g/mol. The summed E-state index contributed by atoms with van der Waals surface area (Å²) in [6, 6.07) is 0. The van der Waals surface area contributed by atoms with Crippen molar-refractivity contribution in [2.24, 2.45) is 0 Å². The molecule has 1 fully saturated rings. The Morgan fingerprint density at radius 3 is 3.08 bits per heavy atom. The van der Waals surface area contributed by atoms with Crippen LogP contribution >= 0.6 is 0 Å². The van der Waals surface area contributed by atoms with E-state index in [2.05, 4.69) is 5.32 Å². The minimum Gasteiger partial charge on any atom is -0.772 e. The topological polar surface area (TPSA) is 61.4 Å². The minimum atomic E-state index is -1.90. The van der Waals surface area contributed by atoms with Crippen LogP contribution in [0, 0.1) is 0 Å². The second-order valence-corrected chi connectivity index (χ2v) is 3.86. The number of hydrogen-bond acceptors (Lipinski definition) is 4. The van der Waals surface area contributed by atoms with Gasteiger partial charge in [0.05, 0.1) is 12.7 Å². The normalized spacial score (nSPS) is 26.9. The van der Waals surface area contributed by atoms with Crippen LogP contribution in [0.4, 0.5) is 0 Å². The summed E-state index contributed by atoms with van der Waals surface area (Å²) in [5.41, 5.74) is 0. The maximum atomic E-state index is 10.2. The van der Waals surface area contributed by atoms with Gasteiger partial charge in [0.2, 0.25) is 0 Å². The Labute approximate surface area is 75.0 Å². The molecule has 0 saturated carbocycles. The average molecular weight is 192 g/mol. The number of ether oxygens (including phenoxy) is 1. The summed E-state index contributed by atoms with van der Waals surface area (Å²) in [5.74, 6) is 0.250. The molecule has 0 aromatic rings. The summed E-state index contributed by atoms with van der Waals surface area (Å²) in [7, 11) is 0. The minimum absolute atomic E-state index is 0.210. The standard InChI is InChI=1S/C7H15NO3S/c9-12(10)5-1-2-7-6-8-3-4-11-7/h7-8H,1-6H2,(H,9,10)/p-1. The molecule has 2 unspecified atom stereocenters. The highest BCUT2D eigenvalue weighted by Crippen LogP contribution is 2.04. The molecule has 1 aliphatic rings. The van der Waals surface area contributed by atoms with Crippen LogP contribution in [-0.2, 0) is 15.8 Å². The molecule has 2 atom stereocenters. The molecule has 0 aromatic heterocycles. The summed E-state index contributed by atoms with van der Waals surface area (Å²) in [6.45, 7) is 2.50. The Morgan fingerprint density at radius 2 is 2.50 bits per heavy atom. The molecule has 0 aromatic carbocycles. The second-order valence-electron chi connectivity index (χ2n) is 2.85. The van der Waals surface area contributed by atoms with E-state index in [1.807, 2.05) is 0 Å². The van der Waals surface area contributed by atoms with Crippen LogP contribution in [0.1, 0.15) is 12.8 Å². The first-order valence-corrected chi connectivity index (χ1v) is 5.41. The SMILES string of the molecule is O=S([O-])CCCC1CNCCO1. The third-order valence-electron chi connectivity index (χ3n) is 1.84. The van der Waals surface area contributed by atoms with Crippen molar-refractivity contribution in [1.82, 2.24) is 5.32 Å². The molecule has 1 N–H and O–H groups in total. The Bertz CT molecular complexity index is 148. The van der Waals surface area contributed by atoms with Gasteiger partial charge in [-0.3, -0.25) is 4.21 Å². The molecule has 4 nitrogen and oxygen atoms in total. The van der Waals surface area contributed by atoms with Gasteiger partial charge in [-0.1, -0.05) is 11.1 Å². The Hall–Kier alpha value is 0.0300. The van der Waals surface area contributed by atoms with Crippen molar-refractivity contribution < 1.29 is 13.5 Å². The molecule has 5 heteroatoms. The maximum absolute atomic E-state index is 10.2. The van der Waals surface area contributed by atoms with Crippen LogP contribution in [-0.4, -0.2) is 40.3 Å². The molecule has 1 heterocycles. The molecule has 0 spiro atoms. The van der Waals surface area contributed by atoms with Crippen LogP contribution in [0.3, 0.4) is 0 Å². The molecule has 72 valence electrons. The zero-order chi connectivity index (χ0) is 8.81. The van der Waals surface area contributed by atoms with E-state index in [-0.39, 0.29) is 11.9 Å². The van der Waals surface area contributed by atoms with Crippen molar-refractivity contribution in [1.29, 1.82) is 0 Å². The predicted molar refractivity (Wildman–Crippen MR) is 45.6 cm³/mol. The van der Waals surface area contributed by atoms with Crippen LogP contribution in [0.5, 0.6) is 0 Å². The Morgan fingerprint density at radius 1 is 1.67 bits per heavy atom. The maximum Gasteiger partial charge on any atom is 0.0700 e. The average Bonchev–Trinajstić information content (AvgIpc) is 2.05. The number of rotatable bonds is 4. The van der Waals surface area contributed by atoms with Crippen molar-refractivity contribution in [2.75, 3.05) is 25.4 Å². The van der Waals surface area contributed by atoms with Gasteiger partial charge in [0.1, 0.15) is 0 Å². The summed E-state index contributed by atoms with van der Waals surface area (Å²) in [4.78, 5) is 0. The quantitative estimate of drug-likeness (QED) is 0.618. The predicted octanol–water partition coefficient (Wildman–Crippen LogP) is -0.366. The highest BCUT2D eigenvalue weighted by molar-refractivity contribution is 7.79. The lowest BCUT2D eigenvalue weighted by Crippen LogP contribution is -2.38. The number of nitrogens with one attached hydrogen (secondary N) is 1. The smallest absolute Gasteiger partial charge is 0.0700 e. The Kier molecular flexibility index (Phi) is 4.75. The van der Waals surface area contributed by atoms with Crippen LogP contribution < -0.4 is 5.32 Å². The highest BCUT2D eigenvalue weighted by Gasteiger charge is 2.11. The third-order valence-corrected chi connectivity index (χ3v) is 2.46. The van der Waals surface area contributed by atoms with Crippen molar-refractivity contribution in [3.8, 4) is 0 Å². The molecular formula is C7H14NO3S-. The van der Waals surface area contributed by atoms with E-state index in [1.54, 1.807) is 0 Å². The van der Waals surface area contributed by atoms with Crippen molar-refractivity contribution >= 4 is 11.1 Å². The van der Waals surface area contributed by atoms with E-state index < -0.39 is 11.1 Å². The zero-order valence-electron chi connectivity index (χ0n) is 6.95. The zero-order valence-corrected chi connectivity index (χ0v) is 7.77. The summed E-state index contributed by atoms with van der Waals surface area (Å²) in [6.07, 6.45) is 1.74. The van der Waals surface area contributed by atoms with E-state index in [4.69, 9.17) is 4.74 Å². The molecule has 0 bridgehead atoms. The van der Waals surface area contributed by atoms with Gasteiger partial charge in [-0.05, 0) is 12.8 Å². The lowest BCUT2D eigenvalue weighted by atomic mass is 10.2. The van der Waals surface area contributed by atoms with Crippen molar-refractivity contribution in [3.63, 3.8) is 0 Å². The van der Waals surface area contributed by atoms with Gasteiger partial charge in [-0.2, -0.15) is 0 Å². The number of hydrogen-bond donors (Lipinski definition) is 1. The van der Waals surface area contributed by atoms with Crippen molar-refractivity contribution in [3.05, 3.63) is 0 Å². The first-order chi connectivity index (χ1) is 5.79. The van der Waals surface area contributed by atoms with E-state index in [9.17, 15) is 8.76 Å². The highest BCUT2D eigenvalue weighted by atomic mass is 32.2. The lowest BCUT2D eigenvalue weighted by molar-refractivity contribution is 0.0233. The summed E-state index contributed by atoms with van der Waals surface area (Å²) >= 11 is -1.90. The fraction of sp³-hybridized carbons (Fsp3) is 1.00. The van der Waals surface area contributed by atoms with Crippen molar-refractivity contribution in [2.45, 2.75) is 18.9 Å². The van der Waals surface area contributed by atoms with Gasteiger partial charge in [0, 0.05) is 18.8 Å². The molecule has 0 amide bonds. The molecule has 1 saturated heterocycles. The van der Waals surface area contributed by atoms with Gasteiger partial charge in [0.25, 0.3) is 0 Å². The van der Waals surface area contributed by atoms with Crippen LogP contribution in [0.15, 0.2) is 0 Å². The van der Waals surface area contributed by atoms with Gasteiger partial charge in [-0.25, -0.2) is 0 Å². The van der Waals surface area contributed by atoms with E-state index in [0.717, 1.165) is 26.1 Å².